The molecule has 0 bridgehead atoms. The van der Waals surface area contributed by atoms with Gasteiger partial charge in [-0.3, -0.25) is 0 Å². The maximum atomic E-state index is 5.36. The number of hydrogen-bond donors (Lipinski definition) is 0. The molecule has 1 rings (SSSR count). The van der Waals surface area contributed by atoms with Crippen molar-refractivity contribution in [2.24, 2.45) is 0 Å². The molecule has 16 heavy (non-hydrogen) atoms. The Morgan fingerprint density at radius 3 is 2.81 bits per heavy atom. The van der Waals surface area contributed by atoms with Crippen LogP contribution in [0.5, 0.6) is 5.88 Å². The third kappa shape index (κ3) is 3.96. The maximum Gasteiger partial charge on any atom is 0.228 e. The molecule has 0 radical (unpaired) electrons. The first-order valence-corrected chi connectivity index (χ1v) is 6.70. The van der Waals surface area contributed by atoms with E-state index in [1.165, 1.54) is 0 Å². The number of anilines is 1. The van der Waals surface area contributed by atoms with Gasteiger partial charge in [-0.05, 0) is 13.3 Å². The minimum atomic E-state index is 0.628. The lowest BCUT2D eigenvalue weighted by molar-refractivity contribution is 0.326. The van der Waals surface area contributed by atoms with Crippen molar-refractivity contribution < 1.29 is 4.74 Å². The molecule has 1 aromatic rings. The van der Waals surface area contributed by atoms with Crippen LogP contribution in [0, 0.1) is 0 Å². The Morgan fingerprint density at radius 2 is 2.19 bits per heavy atom. The third-order valence-corrected chi connectivity index (χ3v) is 2.39. The van der Waals surface area contributed by atoms with Gasteiger partial charge in [0.1, 0.15) is 0 Å². The van der Waals surface area contributed by atoms with E-state index in [1.807, 2.05) is 6.92 Å². The fourth-order valence-electron chi connectivity index (χ4n) is 1.40. The number of hydrogen-bond acceptors (Lipinski definition) is 4. The van der Waals surface area contributed by atoms with Gasteiger partial charge in [0.25, 0.3) is 0 Å². The molecule has 0 N–H and O–H groups in total. The number of ether oxygens (including phenoxy) is 1. The van der Waals surface area contributed by atoms with Crippen molar-refractivity contribution in [1.82, 2.24) is 9.97 Å². The number of aromatic nitrogens is 2. The third-order valence-electron chi connectivity index (χ3n) is 2.04. The fourth-order valence-corrected chi connectivity index (χ4v) is 1.82. The van der Waals surface area contributed by atoms with Crippen molar-refractivity contribution in [2.75, 3.05) is 29.9 Å². The largest absolute Gasteiger partial charge is 0.478 e. The summed E-state index contributed by atoms with van der Waals surface area (Å²) in [5, 5.41) is 0.912. The van der Waals surface area contributed by atoms with Crippen LogP contribution in [0.3, 0.4) is 0 Å². The number of alkyl halides is 1. The normalized spacial score (nSPS) is 10.2. The standard InChI is InChI=1S/C11H18BrN3O/c1-3-8-15(9-6-12)11-13-7-5-10(14-11)16-4-2/h5,7H,3-4,6,8-9H2,1-2H3. The molecular weight excluding hydrogens is 270 g/mol. The van der Waals surface area contributed by atoms with Crippen molar-refractivity contribution in [3.63, 3.8) is 0 Å². The van der Waals surface area contributed by atoms with Crippen molar-refractivity contribution in [1.29, 1.82) is 0 Å². The monoisotopic (exact) mass is 287 g/mol. The van der Waals surface area contributed by atoms with Gasteiger partial charge in [0, 0.05) is 30.7 Å². The molecule has 5 heteroatoms. The zero-order valence-electron chi connectivity index (χ0n) is 9.82. The van der Waals surface area contributed by atoms with Crippen molar-refractivity contribution in [2.45, 2.75) is 20.3 Å². The van der Waals surface area contributed by atoms with E-state index in [0.29, 0.717) is 12.5 Å². The quantitative estimate of drug-likeness (QED) is 0.722. The summed E-state index contributed by atoms with van der Waals surface area (Å²) in [7, 11) is 0. The number of halogens is 1. The van der Waals surface area contributed by atoms with Crippen molar-refractivity contribution in [3.8, 4) is 5.88 Å². The summed E-state index contributed by atoms with van der Waals surface area (Å²) in [6.45, 7) is 6.59. The topological polar surface area (TPSA) is 38.2 Å². The molecule has 0 aliphatic heterocycles. The Bertz CT molecular complexity index is 303. The first-order chi connectivity index (χ1) is 7.81. The molecule has 0 saturated heterocycles. The average Bonchev–Trinajstić information content (AvgIpc) is 2.30. The zero-order chi connectivity index (χ0) is 11.8. The number of rotatable bonds is 7. The van der Waals surface area contributed by atoms with Gasteiger partial charge in [-0.25, -0.2) is 4.98 Å². The van der Waals surface area contributed by atoms with Gasteiger partial charge in [-0.2, -0.15) is 4.98 Å². The maximum absolute atomic E-state index is 5.36. The second kappa shape index (κ2) is 7.44. The minimum Gasteiger partial charge on any atom is -0.478 e. The van der Waals surface area contributed by atoms with Gasteiger partial charge < -0.3 is 9.64 Å². The lowest BCUT2D eigenvalue weighted by Crippen LogP contribution is -2.28. The Hall–Kier alpha value is -0.840. The SMILES string of the molecule is CCCN(CCBr)c1nccc(OCC)n1. The Kier molecular flexibility index (Phi) is 6.15. The number of nitrogens with zero attached hydrogens (tertiary/aromatic N) is 3. The van der Waals surface area contributed by atoms with Gasteiger partial charge >= 0.3 is 0 Å². The molecular formula is C11H18BrN3O. The van der Waals surface area contributed by atoms with Crippen LogP contribution in [-0.4, -0.2) is 35.0 Å². The highest BCUT2D eigenvalue weighted by atomic mass is 79.9. The summed E-state index contributed by atoms with van der Waals surface area (Å²) >= 11 is 3.44. The van der Waals surface area contributed by atoms with E-state index < -0.39 is 0 Å². The Labute approximate surface area is 105 Å². The highest BCUT2D eigenvalue weighted by Gasteiger charge is 2.08. The smallest absolute Gasteiger partial charge is 0.228 e. The van der Waals surface area contributed by atoms with E-state index in [9.17, 15) is 0 Å². The second-order valence-corrected chi connectivity index (χ2v) is 4.10. The molecule has 0 aliphatic carbocycles. The molecule has 0 fully saturated rings. The van der Waals surface area contributed by atoms with Gasteiger partial charge in [-0.1, -0.05) is 22.9 Å². The summed E-state index contributed by atoms with van der Waals surface area (Å²) in [5.74, 6) is 1.38. The van der Waals surface area contributed by atoms with E-state index in [2.05, 4.69) is 37.7 Å². The lowest BCUT2D eigenvalue weighted by Gasteiger charge is -2.20. The lowest BCUT2D eigenvalue weighted by atomic mass is 10.4. The summed E-state index contributed by atoms with van der Waals surface area (Å²) in [4.78, 5) is 10.8. The molecule has 0 amide bonds. The summed E-state index contributed by atoms with van der Waals surface area (Å²) < 4.78 is 5.36. The highest BCUT2D eigenvalue weighted by Crippen LogP contribution is 2.13. The fraction of sp³-hybridized carbons (Fsp3) is 0.636. The molecule has 90 valence electrons. The molecule has 0 spiro atoms. The van der Waals surface area contributed by atoms with Crippen molar-refractivity contribution in [3.05, 3.63) is 12.3 Å². The predicted octanol–water partition coefficient (Wildman–Crippen LogP) is 2.49. The first-order valence-electron chi connectivity index (χ1n) is 5.58. The highest BCUT2D eigenvalue weighted by molar-refractivity contribution is 9.09. The summed E-state index contributed by atoms with van der Waals surface area (Å²) in [6.07, 6.45) is 2.82. The Balaban J connectivity index is 2.77. The molecule has 1 heterocycles. The van der Waals surface area contributed by atoms with Crippen LogP contribution >= 0.6 is 15.9 Å². The molecule has 0 unspecified atom stereocenters. The van der Waals surface area contributed by atoms with Crippen LogP contribution in [0.4, 0.5) is 5.95 Å². The van der Waals surface area contributed by atoms with E-state index in [-0.39, 0.29) is 0 Å². The average molecular weight is 288 g/mol. The Morgan fingerprint density at radius 1 is 1.38 bits per heavy atom. The summed E-state index contributed by atoms with van der Waals surface area (Å²) in [5.41, 5.74) is 0. The van der Waals surface area contributed by atoms with E-state index >= 15 is 0 Å². The van der Waals surface area contributed by atoms with Crippen LogP contribution in [0.2, 0.25) is 0 Å². The molecule has 0 aromatic carbocycles. The van der Waals surface area contributed by atoms with Gasteiger partial charge in [0.05, 0.1) is 6.61 Å². The molecule has 4 nitrogen and oxygen atoms in total. The van der Waals surface area contributed by atoms with E-state index in [4.69, 9.17) is 4.74 Å². The van der Waals surface area contributed by atoms with Gasteiger partial charge in [-0.15, -0.1) is 0 Å². The second-order valence-electron chi connectivity index (χ2n) is 3.30. The van der Waals surface area contributed by atoms with Crippen LogP contribution in [0.25, 0.3) is 0 Å². The summed E-state index contributed by atoms with van der Waals surface area (Å²) in [6, 6.07) is 1.78. The van der Waals surface area contributed by atoms with E-state index in [1.54, 1.807) is 12.3 Å². The molecule has 1 aromatic heterocycles. The molecule has 0 atom stereocenters. The van der Waals surface area contributed by atoms with Gasteiger partial charge in [0.2, 0.25) is 11.8 Å². The molecule has 0 saturated carbocycles. The minimum absolute atomic E-state index is 0.628. The van der Waals surface area contributed by atoms with Gasteiger partial charge in [0.15, 0.2) is 0 Å². The van der Waals surface area contributed by atoms with Crippen LogP contribution < -0.4 is 9.64 Å². The van der Waals surface area contributed by atoms with E-state index in [0.717, 1.165) is 30.8 Å². The van der Waals surface area contributed by atoms with Crippen molar-refractivity contribution >= 4 is 21.9 Å². The predicted molar refractivity (Wildman–Crippen MR) is 69.5 cm³/mol. The molecule has 0 aliphatic rings. The van der Waals surface area contributed by atoms with Crippen LogP contribution in [0.1, 0.15) is 20.3 Å². The first kappa shape index (κ1) is 13.2. The zero-order valence-corrected chi connectivity index (χ0v) is 11.4. The van der Waals surface area contributed by atoms with Crippen LogP contribution in [-0.2, 0) is 0 Å². The van der Waals surface area contributed by atoms with Crippen LogP contribution in [0.15, 0.2) is 12.3 Å².